The molecule has 0 atom stereocenters. The van der Waals surface area contributed by atoms with Gasteiger partial charge in [-0.15, -0.1) is 8.78 Å². The number of hydrogen-bond donors (Lipinski definition) is 2. The molecule has 0 aliphatic carbocycles. The summed E-state index contributed by atoms with van der Waals surface area (Å²) in [5.74, 6) is -2.00. The van der Waals surface area contributed by atoms with Gasteiger partial charge < -0.3 is 24.7 Å². The van der Waals surface area contributed by atoms with Gasteiger partial charge >= 0.3 is 12.3 Å². The van der Waals surface area contributed by atoms with Gasteiger partial charge in [-0.3, -0.25) is 0 Å². The van der Waals surface area contributed by atoms with Crippen LogP contribution in [0.3, 0.4) is 0 Å². The lowest BCUT2D eigenvalue weighted by atomic mass is 9.94. The maximum Gasteiger partial charge on any atom is 0.586 e. The second-order valence-corrected chi connectivity index (χ2v) is 8.43. The highest BCUT2D eigenvalue weighted by Gasteiger charge is 2.43. The third-order valence-electron chi connectivity index (χ3n) is 6.20. The molecule has 6 rings (SSSR count). The van der Waals surface area contributed by atoms with Crippen molar-refractivity contribution >= 4 is 22.6 Å². The van der Waals surface area contributed by atoms with Gasteiger partial charge in [0, 0.05) is 30.7 Å². The fourth-order valence-electron chi connectivity index (χ4n) is 4.45. The largest absolute Gasteiger partial charge is 0.586 e. The van der Waals surface area contributed by atoms with Crippen molar-refractivity contribution in [3.05, 3.63) is 77.5 Å². The van der Waals surface area contributed by atoms with Gasteiger partial charge in [-0.05, 0) is 46.9 Å². The van der Waals surface area contributed by atoms with Crippen molar-refractivity contribution < 1.29 is 31.8 Å². The van der Waals surface area contributed by atoms with Crippen molar-refractivity contribution in [2.45, 2.75) is 19.3 Å². The van der Waals surface area contributed by atoms with Crippen molar-refractivity contribution in [3.63, 3.8) is 0 Å². The smallest absolute Gasteiger partial charge is 0.395 e. The second kappa shape index (κ2) is 7.66. The molecule has 0 unspecified atom stereocenters. The van der Waals surface area contributed by atoms with E-state index in [0.29, 0.717) is 41.7 Å². The number of rotatable bonds is 2. The van der Waals surface area contributed by atoms with Crippen LogP contribution >= 0.6 is 0 Å². The predicted octanol–water partition coefficient (Wildman–Crippen LogP) is 6.02. The number of benzene rings is 3. The van der Waals surface area contributed by atoms with Crippen LogP contribution in [0.2, 0.25) is 0 Å². The molecule has 3 aromatic carbocycles. The third-order valence-corrected chi connectivity index (χ3v) is 6.20. The number of H-pyrrole nitrogens is 1. The normalized spacial score (nSPS) is 15.8. The Morgan fingerprint density at radius 3 is 2.54 bits per heavy atom. The Labute approximate surface area is 196 Å². The van der Waals surface area contributed by atoms with Gasteiger partial charge in [-0.2, -0.15) is 0 Å². The molecule has 0 saturated carbocycles. The quantitative estimate of drug-likeness (QED) is 0.343. The number of aromatic nitrogens is 1. The van der Waals surface area contributed by atoms with E-state index in [1.807, 2.05) is 18.2 Å². The Kier molecular flexibility index (Phi) is 4.67. The van der Waals surface area contributed by atoms with Crippen molar-refractivity contribution in [2.75, 3.05) is 11.9 Å². The van der Waals surface area contributed by atoms with Gasteiger partial charge in [-0.1, -0.05) is 24.3 Å². The number of amides is 2. The molecule has 0 fully saturated rings. The van der Waals surface area contributed by atoms with Gasteiger partial charge in [0.05, 0.1) is 11.2 Å². The highest BCUT2D eigenvalue weighted by Crippen LogP contribution is 2.43. The molecule has 0 spiro atoms. The van der Waals surface area contributed by atoms with Crippen molar-refractivity contribution in [3.8, 4) is 22.6 Å². The number of hydrogen-bond acceptors (Lipinski definition) is 3. The van der Waals surface area contributed by atoms with Crippen molar-refractivity contribution in [1.29, 1.82) is 0 Å². The summed E-state index contributed by atoms with van der Waals surface area (Å²) in [6.07, 6.45) is -1.59. The molecule has 0 saturated heterocycles. The number of nitrogens with one attached hydrogen (secondary N) is 2. The summed E-state index contributed by atoms with van der Waals surface area (Å²) in [6.45, 7) is 0.807. The lowest BCUT2D eigenvalue weighted by molar-refractivity contribution is -0.286. The number of carbonyl (C=O) groups is 1. The fourth-order valence-corrected chi connectivity index (χ4v) is 4.45. The molecule has 0 bridgehead atoms. The number of carbonyl (C=O) groups excluding carboxylic acids is 1. The van der Waals surface area contributed by atoms with Crippen LogP contribution in [0.25, 0.3) is 22.0 Å². The molecule has 35 heavy (non-hydrogen) atoms. The molecular formula is C25H17F4N3O3. The molecule has 2 aliphatic heterocycles. The molecule has 10 heteroatoms. The van der Waals surface area contributed by atoms with Crippen LogP contribution < -0.4 is 14.8 Å². The van der Waals surface area contributed by atoms with E-state index >= 15 is 0 Å². The van der Waals surface area contributed by atoms with Crippen molar-refractivity contribution in [1.82, 2.24) is 9.88 Å². The van der Waals surface area contributed by atoms with Crippen LogP contribution in [-0.4, -0.2) is 28.8 Å². The number of ether oxygens (including phenoxy) is 2. The van der Waals surface area contributed by atoms with Gasteiger partial charge in [-0.25, -0.2) is 13.6 Å². The zero-order valence-corrected chi connectivity index (χ0v) is 18.0. The zero-order valence-electron chi connectivity index (χ0n) is 18.0. The summed E-state index contributed by atoms with van der Waals surface area (Å²) < 4.78 is 62.7. The van der Waals surface area contributed by atoms with Gasteiger partial charge in [0.1, 0.15) is 0 Å². The molecule has 2 aliphatic rings. The standard InChI is InChI=1S/C25H17F4N3O3/c26-18-9-17-20(10-19(18)27)30-11-21(17)31-24(33)32-6-5-15-7-13(1-2-16(15)12-32)14-3-4-22-23(8-14)35-25(28,29)34-22/h1-4,7-11,30H,5-6,12H2,(H,31,33). The molecule has 1 aromatic heterocycles. The molecule has 3 heterocycles. The monoisotopic (exact) mass is 483 g/mol. The molecule has 6 nitrogen and oxygen atoms in total. The second-order valence-electron chi connectivity index (χ2n) is 8.43. The number of fused-ring (bicyclic) bond motifs is 3. The minimum atomic E-state index is -3.67. The number of aromatic amines is 1. The summed E-state index contributed by atoms with van der Waals surface area (Å²) >= 11 is 0. The molecular weight excluding hydrogens is 466 g/mol. The maximum atomic E-state index is 13.7. The summed E-state index contributed by atoms with van der Waals surface area (Å²) in [6, 6.07) is 12.1. The average molecular weight is 483 g/mol. The summed E-state index contributed by atoms with van der Waals surface area (Å²) in [4.78, 5) is 17.3. The van der Waals surface area contributed by atoms with Gasteiger partial charge in [0.15, 0.2) is 23.1 Å². The molecule has 2 amide bonds. The van der Waals surface area contributed by atoms with Crippen LogP contribution in [0.5, 0.6) is 11.5 Å². The molecule has 0 radical (unpaired) electrons. The Morgan fingerprint density at radius 1 is 0.943 bits per heavy atom. The summed E-state index contributed by atoms with van der Waals surface area (Å²) in [5.41, 5.74) is 4.27. The molecule has 178 valence electrons. The molecule has 4 aromatic rings. The van der Waals surface area contributed by atoms with Gasteiger partial charge in [0.2, 0.25) is 0 Å². The highest BCUT2D eigenvalue weighted by molar-refractivity contribution is 6.01. The maximum absolute atomic E-state index is 13.7. The van der Waals surface area contributed by atoms with E-state index in [1.54, 1.807) is 11.0 Å². The van der Waals surface area contributed by atoms with E-state index in [-0.39, 0.29) is 17.5 Å². The first-order valence-electron chi connectivity index (χ1n) is 10.8. The van der Waals surface area contributed by atoms with Crippen LogP contribution in [-0.2, 0) is 13.0 Å². The average Bonchev–Trinajstić information content (AvgIpc) is 3.36. The fraction of sp³-hybridized carbons (Fsp3) is 0.160. The topological polar surface area (TPSA) is 66.6 Å². The SMILES string of the molecule is O=C(Nc1c[nH]c2cc(F)c(F)cc12)N1CCc2cc(-c3ccc4c(c3)OC(F)(F)O4)ccc2C1. The lowest BCUT2D eigenvalue weighted by Gasteiger charge is -2.29. The van der Waals surface area contributed by atoms with E-state index in [2.05, 4.69) is 19.8 Å². The minimum Gasteiger partial charge on any atom is -0.395 e. The minimum absolute atomic E-state index is 0.0126. The first-order chi connectivity index (χ1) is 16.8. The number of nitrogens with zero attached hydrogens (tertiary/aromatic N) is 1. The third kappa shape index (κ3) is 3.80. The van der Waals surface area contributed by atoms with Crippen molar-refractivity contribution in [2.24, 2.45) is 0 Å². The van der Waals surface area contributed by atoms with Crippen LogP contribution in [0.15, 0.2) is 54.7 Å². The molecule has 2 N–H and O–H groups in total. The number of alkyl halides is 2. The number of halogens is 4. The van der Waals surface area contributed by atoms with Crippen LogP contribution in [0, 0.1) is 11.6 Å². The number of urea groups is 1. The lowest BCUT2D eigenvalue weighted by Crippen LogP contribution is -2.38. The van der Waals surface area contributed by atoms with E-state index < -0.39 is 17.9 Å². The van der Waals surface area contributed by atoms with E-state index in [9.17, 15) is 22.4 Å². The van der Waals surface area contributed by atoms with Crippen LogP contribution in [0.4, 0.5) is 28.0 Å². The van der Waals surface area contributed by atoms with E-state index in [0.717, 1.165) is 28.8 Å². The zero-order chi connectivity index (χ0) is 24.3. The van der Waals surface area contributed by atoms with Crippen LogP contribution in [0.1, 0.15) is 11.1 Å². The van der Waals surface area contributed by atoms with Gasteiger partial charge in [0.25, 0.3) is 0 Å². The Bertz CT molecular complexity index is 1500. The summed E-state index contributed by atoms with van der Waals surface area (Å²) in [5, 5.41) is 3.14. The number of anilines is 1. The first-order valence-corrected chi connectivity index (χ1v) is 10.8. The predicted molar refractivity (Wildman–Crippen MR) is 119 cm³/mol. The summed E-state index contributed by atoms with van der Waals surface area (Å²) in [7, 11) is 0. The Morgan fingerprint density at radius 2 is 1.69 bits per heavy atom. The Hall–Kier alpha value is -4.21. The van der Waals surface area contributed by atoms with E-state index in [4.69, 9.17) is 0 Å². The first kappa shape index (κ1) is 21.3. The Balaban J connectivity index is 1.19. The van der Waals surface area contributed by atoms with E-state index in [1.165, 1.54) is 18.3 Å². The highest BCUT2D eigenvalue weighted by atomic mass is 19.3.